The molecule has 0 bridgehead atoms. The van der Waals surface area contributed by atoms with E-state index < -0.39 is 0 Å². The predicted octanol–water partition coefficient (Wildman–Crippen LogP) is 2.55. The highest BCUT2D eigenvalue weighted by Crippen LogP contribution is 2.41. The predicted molar refractivity (Wildman–Crippen MR) is 98.2 cm³/mol. The molecule has 1 saturated carbocycles. The lowest BCUT2D eigenvalue weighted by Gasteiger charge is -2.29. The summed E-state index contributed by atoms with van der Waals surface area (Å²) in [6.45, 7) is 0.724. The minimum atomic E-state index is 0.0691. The van der Waals surface area contributed by atoms with Gasteiger partial charge in [-0.25, -0.2) is 0 Å². The topological polar surface area (TPSA) is 73.9 Å². The fourth-order valence-corrected chi connectivity index (χ4v) is 4.01. The van der Waals surface area contributed by atoms with Gasteiger partial charge in [0, 0.05) is 42.8 Å². The van der Waals surface area contributed by atoms with Crippen molar-refractivity contribution in [2.75, 3.05) is 0 Å². The summed E-state index contributed by atoms with van der Waals surface area (Å²) in [7, 11) is 0. The average molecular weight is 347 g/mol. The Hall–Kier alpha value is -2.73. The maximum Gasteiger partial charge on any atom is 0.225 e. The summed E-state index contributed by atoms with van der Waals surface area (Å²) in [6.07, 6.45) is 8.28. The Morgan fingerprint density at radius 3 is 2.96 bits per heavy atom. The van der Waals surface area contributed by atoms with Crippen LogP contribution in [0.4, 0.5) is 0 Å². The Balaban J connectivity index is 1.38. The number of amides is 1. The van der Waals surface area contributed by atoms with E-state index in [-0.39, 0.29) is 18.0 Å². The molecule has 1 aromatic carbocycles. The fraction of sp³-hybridized carbons (Fsp3) is 0.350. The number of aromatic nitrogens is 3. The Morgan fingerprint density at radius 1 is 1.23 bits per heavy atom. The lowest BCUT2D eigenvalue weighted by molar-refractivity contribution is -0.129. The number of nitrogens with one attached hydrogen (secondary N) is 2. The van der Waals surface area contributed by atoms with E-state index in [1.807, 2.05) is 18.5 Å². The first-order chi connectivity index (χ1) is 12.8. The van der Waals surface area contributed by atoms with Gasteiger partial charge in [0.1, 0.15) is 0 Å². The Kier molecular flexibility index (Phi) is 3.71. The summed E-state index contributed by atoms with van der Waals surface area (Å²) in [4.78, 5) is 19.0. The van der Waals surface area contributed by atoms with Crippen LogP contribution in [0.15, 0.2) is 48.9 Å². The number of pyridine rings is 1. The monoisotopic (exact) mass is 347 g/mol. The van der Waals surface area contributed by atoms with E-state index in [2.05, 4.69) is 49.7 Å². The first-order valence-electron chi connectivity index (χ1n) is 9.16. The molecular formula is C20H21N5O. The molecule has 1 aliphatic heterocycles. The molecule has 2 aliphatic rings. The number of carbonyl (C=O) groups is 1. The van der Waals surface area contributed by atoms with Crippen LogP contribution in [0, 0.1) is 0 Å². The molecule has 5 rings (SSSR count). The van der Waals surface area contributed by atoms with E-state index in [0.29, 0.717) is 12.5 Å². The van der Waals surface area contributed by atoms with E-state index >= 15 is 0 Å². The Bertz CT molecular complexity index is 934. The summed E-state index contributed by atoms with van der Waals surface area (Å²) >= 11 is 0. The minimum absolute atomic E-state index is 0.0691. The zero-order chi connectivity index (χ0) is 17.5. The fourth-order valence-electron chi connectivity index (χ4n) is 4.01. The van der Waals surface area contributed by atoms with Crippen molar-refractivity contribution in [3.05, 3.63) is 60.0 Å². The van der Waals surface area contributed by atoms with Crippen molar-refractivity contribution >= 4 is 16.8 Å². The molecule has 1 amide bonds. The third-order valence-corrected chi connectivity index (χ3v) is 5.40. The highest BCUT2D eigenvalue weighted by Gasteiger charge is 2.47. The zero-order valence-electron chi connectivity index (χ0n) is 14.4. The van der Waals surface area contributed by atoms with Crippen molar-refractivity contribution in [3.8, 4) is 0 Å². The molecule has 2 aromatic heterocycles. The van der Waals surface area contributed by atoms with Gasteiger partial charge in [-0.3, -0.25) is 14.9 Å². The maximum absolute atomic E-state index is 12.7. The quantitative estimate of drug-likeness (QED) is 0.744. The second-order valence-corrected chi connectivity index (χ2v) is 7.25. The van der Waals surface area contributed by atoms with Crippen molar-refractivity contribution in [3.63, 3.8) is 0 Å². The van der Waals surface area contributed by atoms with E-state index in [0.717, 1.165) is 35.9 Å². The van der Waals surface area contributed by atoms with Crippen LogP contribution in [-0.2, 0) is 11.3 Å². The number of benzene rings is 1. The molecule has 2 fully saturated rings. The molecule has 3 aromatic rings. The SMILES string of the molecule is O=C1C[C@@H](NCc2ccc3cn[nH]c3c2)[C@H](c2cccnc2)N1C1CC1. The highest BCUT2D eigenvalue weighted by molar-refractivity contribution is 5.81. The molecule has 3 heterocycles. The standard InChI is InChI=1S/C20H21N5O/c26-19-9-18(22-10-13-3-4-14-12-23-24-17(14)8-13)20(25(19)16-5-6-16)15-2-1-7-21-11-15/h1-4,7-8,11-12,16,18,20,22H,5-6,9-10H2,(H,23,24)/t18-,20+/m1/s1. The molecule has 0 spiro atoms. The normalized spacial score (nSPS) is 23.1. The molecule has 0 unspecified atom stereocenters. The first-order valence-corrected chi connectivity index (χ1v) is 9.16. The van der Waals surface area contributed by atoms with Crippen LogP contribution in [0.5, 0.6) is 0 Å². The zero-order valence-corrected chi connectivity index (χ0v) is 14.4. The van der Waals surface area contributed by atoms with Gasteiger partial charge in [0.15, 0.2) is 0 Å². The van der Waals surface area contributed by atoms with Crippen LogP contribution in [0.1, 0.15) is 36.4 Å². The number of fused-ring (bicyclic) bond motifs is 1. The molecule has 132 valence electrons. The van der Waals surface area contributed by atoms with Gasteiger partial charge < -0.3 is 10.2 Å². The number of rotatable bonds is 5. The van der Waals surface area contributed by atoms with Gasteiger partial charge in [0.05, 0.1) is 17.8 Å². The van der Waals surface area contributed by atoms with E-state index in [4.69, 9.17) is 0 Å². The van der Waals surface area contributed by atoms with Gasteiger partial charge in [-0.1, -0.05) is 18.2 Å². The molecule has 2 N–H and O–H groups in total. The number of nitrogens with zero attached hydrogens (tertiary/aromatic N) is 3. The smallest absolute Gasteiger partial charge is 0.225 e. The van der Waals surface area contributed by atoms with Crippen LogP contribution < -0.4 is 5.32 Å². The number of H-pyrrole nitrogens is 1. The van der Waals surface area contributed by atoms with E-state index in [9.17, 15) is 4.79 Å². The van der Waals surface area contributed by atoms with Gasteiger partial charge in [-0.05, 0) is 36.1 Å². The number of hydrogen-bond acceptors (Lipinski definition) is 4. The maximum atomic E-state index is 12.7. The van der Waals surface area contributed by atoms with Crippen molar-refractivity contribution in [1.29, 1.82) is 0 Å². The molecule has 6 heteroatoms. The summed E-state index contributed by atoms with van der Waals surface area (Å²) in [6, 6.07) is 10.9. The molecule has 1 saturated heterocycles. The molecule has 6 nitrogen and oxygen atoms in total. The average Bonchev–Trinajstić information content (AvgIpc) is 3.29. The highest BCUT2D eigenvalue weighted by atomic mass is 16.2. The molecule has 26 heavy (non-hydrogen) atoms. The van der Waals surface area contributed by atoms with Gasteiger partial charge in [-0.2, -0.15) is 5.10 Å². The van der Waals surface area contributed by atoms with Gasteiger partial charge in [-0.15, -0.1) is 0 Å². The van der Waals surface area contributed by atoms with Crippen molar-refractivity contribution in [2.24, 2.45) is 0 Å². The second-order valence-electron chi connectivity index (χ2n) is 7.25. The Labute approximate surface area is 151 Å². The number of hydrogen-bond donors (Lipinski definition) is 2. The lowest BCUT2D eigenvalue weighted by Crippen LogP contribution is -2.37. The lowest BCUT2D eigenvalue weighted by atomic mass is 10.0. The number of carbonyl (C=O) groups excluding carboxylic acids is 1. The van der Waals surface area contributed by atoms with E-state index in [1.165, 1.54) is 5.56 Å². The molecule has 1 aliphatic carbocycles. The number of likely N-dealkylation sites (tertiary alicyclic amines) is 1. The first kappa shape index (κ1) is 15.5. The van der Waals surface area contributed by atoms with Crippen LogP contribution in [0.3, 0.4) is 0 Å². The van der Waals surface area contributed by atoms with Crippen molar-refractivity contribution < 1.29 is 4.79 Å². The summed E-state index contributed by atoms with van der Waals surface area (Å²) in [5, 5.41) is 11.8. The summed E-state index contributed by atoms with van der Waals surface area (Å²) in [5.74, 6) is 0.253. The van der Waals surface area contributed by atoms with Crippen molar-refractivity contribution in [2.45, 2.75) is 43.9 Å². The van der Waals surface area contributed by atoms with Crippen LogP contribution in [0.25, 0.3) is 10.9 Å². The van der Waals surface area contributed by atoms with Gasteiger partial charge in [0.2, 0.25) is 5.91 Å². The third kappa shape index (κ3) is 2.76. The molecule has 2 atom stereocenters. The third-order valence-electron chi connectivity index (χ3n) is 5.40. The van der Waals surface area contributed by atoms with Crippen LogP contribution >= 0.6 is 0 Å². The van der Waals surface area contributed by atoms with Gasteiger partial charge in [0.25, 0.3) is 0 Å². The van der Waals surface area contributed by atoms with E-state index in [1.54, 1.807) is 6.20 Å². The second kappa shape index (κ2) is 6.21. The summed E-state index contributed by atoms with van der Waals surface area (Å²) in [5.41, 5.74) is 3.34. The largest absolute Gasteiger partial charge is 0.331 e. The summed E-state index contributed by atoms with van der Waals surface area (Å²) < 4.78 is 0. The minimum Gasteiger partial charge on any atom is -0.331 e. The van der Waals surface area contributed by atoms with Crippen molar-refractivity contribution in [1.82, 2.24) is 25.4 Å². The van der Waals surface area contributed by atoms with Crippen LogP contribution in [-0.4, -0.2) is 38.1 Å². The van der Waals surface area contributed by atoms with Gasteiger partial charge >= 0.3 is 0 Å². The van der Waals surface area contributed by atoms with Crippen LogP contribution in [0.2, 0.25) is 0 Å². The molecular weight excluding hydrogens is 326 g/mol. The Morgan fingerprint density at radius 2 is 2.15 bits per heavy atom. The molecule has 0 radical (unpaired) electrons. The number of aromatic amines is 1.